The molecule has 2 aromatic rings. The molecule has 1 unspecified atom stereocenters. The fourth-order valence-electron chi connectivity index (χ4n) is 2.28. The van der Waals surface area contributed by atoms with Crippen LogP contribution in [0, 0.1) is 39.2 Å². The van der Waals surface area contributed by atoms with E-state index in [4.69, 9.17) is 4.74 Å². The summed E-state index contributed by atoms with van der Waals surface area (Å²) in [5.41, 5.74) is -1.23. The predicted octanol–water partition coefficient (Wildman–Crippen LogP) is 3.80. The van der Waals surface area contributed by atoms with E-state index in [0.717, 1.165) is 0 Å². The van der Waals surface area contributed by atoms with Crippen molar-refractivity contribution >= 4 is 0 Å². The van der Waals surface area contributed by atoms with E-state index in [9.17, 15) is 32.1 Å². The normalized spacial score (nSPS) is 12.1. The third-order valence-corrected chi connectivity index (χ3v) is 3.44. The van der Waals surface area contributed by atoms with Crippen molar-refractivity contribution in [1.82, 2.24) is 0 Å². The summed E-state index contributed by atoms with van der Waals surface area (Å²) >= 11 is 0. The summed E-state index contributed by atoms with van der Waals surface area (Å²) in [7, 11) is 1.35. The number of nitro groups is 1. The van der Waals surface area contributed by atoms with Crippen LogP contribution in [0.3, 0.4) is 0 Å². The summed E-state index contributed by atoms with van der Waals surface area (Å²) in [4.78, 5) is 9.92. The third-order valence-electron chi connectivity index (χ3n) is 3.44. The van der Waals surface area contributed by atoms with Gasteiger partial charge >= 0.3 is 0 Å². The standard InChI is InChI=1S/C15H10F5NO3/c1-24-8-4-2-7(3-5-8)9(6-21(22)23)10-11(16)13(18)15(20)14(19)12(10)17/h2-5,9H,6H2,1H3. The summed E-state index contributed by atoms with van der Waals surface area (Å²) < 4.78 is 72.7. The topological polar surface area (TPSA) is 52.4 Å². The highest BCUT2D eigenvalue weighted by Crippen LogP contribution is 2.33. The minimum absolute atomic E-state index is 0.00991. The zero-order valence-electron chi connectivity index (χ0n) is 12.2. The zero-order valence-corrected chi connectivity index (χ0v) is 12.2. The van der Waals surface area contributed by atoms with Crippen LogP contribution in [0.5, 0.6) is 5.75 Å². The number of halogens is 5. The third kappa shape index (κ3) is 3.15. The van der Waals surface area contributed by atoms with Gasteiger partial charge in [0.25, 0.3) is 0 Å². The second-order valence-electron chi connectivity index (χ2n) is 4.82. The minimum atomic E-state index is -2.32. The summed E-state index contributed by atoms with van der Waals surface area (Å²) in [5.74, 6) is -12.1. The number of ether oxygens (including phenoxy) is 1. The molecular formula is C15H10F5NO3. The second kappa shape index (κ2) is 6.81. The highest BCUT2D eigenvalue weighted by atomic mass is 19.2. The first-order valence-corrected chi connectivity index (χ1v) is 6.55. The molecule has 0 amide bonds. The molecule has 0 N–H and O–H groups in total. The largest absolute Gasteiger partial charge is 0.497 e. The van der Waals surface area contributed by atoms with Crippen molar-refractivity contribution in [1.29, 1.82) is 0 Å². The van der Waals surface area contributed by atoms with Crippen LogP contribution in [-0.4, -0.2) is 18.6 Å². The van der Waals surface area contributed by atoms with E-state index in [1.807, 2.05) is 0 Å². The van der Waals surface area contributed by atoms with E-state index >= 15 is 0 Å². The number of methoxy groups -OCH3 is 1. The van der Waals surface area contributed by atoms with Gasteiger partial charge in [0.2, 0.25) is 12.4 Å². The molecule has 0 fully saturated rings. The van der Waals surface area contributed by atoms with Gasteiger partial charge in [0, 0.05) is 10.5 Å². The fraction of sp³-hybridized carbons (Fsp3) is 0.200. The summed E-state index contributed by atoms with van der Waals surface area (Å²) in [6.45, 7) is -1.05. The average Bonchev–Trinajstić information content (AvgIpc) is 2.57. The van der Waals surface area contributed by atoms with Crippen molar-refractivity contribution in [3.05, 3.63) is 74.6 Å². The van der Waals surface area contributed by atoms with Crippen molar-refractivity contribution < 1.29 is 31.6 Å². The van der Waals surface area contributed by atoms with E-state index < -0.39 is 52.0 Å². The molecule has 0 aliphatic rings. The predicted molar refractivity (Wildman–Crippen MR) is 72.9 cm³/mol. The fourth-order valence-corrected chi connectivity index (χ4v) is 2.28. The van der Waals surface area contributed by atoms with E-state index in [1.165, 1.54) is 31.4 Å². The molecule has 0 saturated carbocycles. The molecule has 9 heteroatoms. The molecule has 2 rings (SSSR count). The molecule has 128 valence electrons. The van der Waals surface area contributed by atoms with Gasteiger partial charge in [0.15, 0.2) is 23.3 Å². The van der Waals surface area contributed by atoms with Gasteiger partial charge in [-0.15, -0.1) is 0 Å². The maximum atomic E-state index is 14.0. The number of hydrogen-bond donors (Lipinski definition) is 0. The van der Waals surface area contributed by atoms with Crippen LogP contribution in [0.25, 0.3) is 0 Å². The molecule has 0 saturated heterocycles. The number of rotatable bonds is 5. The van der Waals surface area contributed by atoms with Gasteiger partial charge in [0.1, 0.15) is 5.75 Å². The van der Waals surface area contributed by atoms with Gasteiger partial charge in [-0.05, 0) is 17.7 Å². The number of hydrogen-bond acceptors (Lipinski definition) is 3. The van der Waals surface area contributed by atoms with Gasteiger partial charge in [-0.3, -0.25) is 10.1 Å². The van der Waals surface area contributed by atoms with Crippen molar-refractivity contribution in [2.45, 2.75) is 5.92 Å². The van der Waals surface area contributed by atoms with Crippen LogP contribution in [-0.2, 0) is 0 Å². The first-order chi connectivity index (χ1) is 11.3. The number of nitrogens with zero attached hydrogens (tertiary/aromatic N) is 1. The van der Waals surface area contributed by atoms with E-state index in [1.54, 1.807) is 0 Å². The van der Waals surface area contributed by atoms with Crippen LogP contribution in [0.4, 0.5) is 22.0 Å². The molecule has 4 nitrogen and oxygen atoms in total. The highest BCUT2D eigenvalue weighted by Gasteiger charge is 2.33. The summed E-state index contributed by atoms with van der Waals surface area (Å²) in [6.07, 6.45) is 0. The van der Waals surface area contributed by atoms with E-state index in [2.05, 4.69) is 0 Å². The lowest BCUT2D eigenvalue weighted by Crippen LogP contribution is -2.19. The second-order valence-corrected chi connectivity index (χ2v) is 4.82. The van der Waals surface area contributed by atoms with Crippen molar-refractivity contribution in [3.8, 4) is 5.75 Å². The molecule has 0 aliphatic heterocycles. The summed E-state index contributed by atoms with van der Waals surface area (Å²) in [5, 5.41) is 10.8. The maximum absolute atomic E-state index is 14.0. The Morgan fingerprint density at radius 1 is 0.958 bits per heavy atom. The Morgan fingerprint density at radius 2 is 1.42 bits per heavy atom. The Bertz CT molecular complexity index is 751. The van der Waals surface area contributed by atoms with Crippen LogP contribution in [0.2, 0.25) is 0 Å². The molecule has 0 aliphatic carbocycles. The molecule has 0 radical (unpaired) electrons. The van der Waals surface area contributed by atoms with Crippen molar-refractivity contribution in [2.24, 2.45) is 0 Å². The molecule has 0 spiro atoms. The Kier molecular flexibility index (Phi) is 5.01. The first-order valence-electron chi connectivity index (χ1n) is 6.55. The molecular weight excluding hydrogens is 337 g/mol. The van der Waals surface area contributed by atoms with Gasteiger partial charge in [-0.1, -0.05) is 12.1 Å². The highest BCUT2D eigenvalue weighted by molar-refractivity contribution is 5.38. The molecule has 0 heterocycles. The monoisotopic (exact) mass is 347 g/mol. The molecule has 0 bridgehead atoms. The SMILES string of the molecule is COc1ccc(C(C[N+](=O)[O-])c2c(F)c(F)c(F)c(F)c2F)cc1. The van der Waals surface area contributed by atoms with Gasteiger partial charge < -0.3 is 4.74 Å². The molecule has 0 aromatic heterocycles. The Hall–Kier alpha value is -2.71. The zero-order chi connectivity index (χ0) is 18.0. The molecule has 1 atom stereocenters. The average molecular weight is 347 g/mol. The van der Waals surface area contributed by atoms with E-state index in [0.29, 0.717) is 5.75 Å². The lowest BCUT2D eigenvalue weighted by molar-refractivity contribution is -0.482. The molecule has 24 heavy (non-hydrogen) atoms. The van der Waals surface area contributed by atoms with Crippen molar-refractivity contribution in [2.75, 3.05) is 13.7 Å². The van der Waals surface area contributed by atoms with Crippen molar-refractivity contribution in [3.63, 3.8) is 0 Å². The molecule has 2 aromatic carbocycles. The lowest BCUT2D eigenvalue weighted by atomic mass is 9.90. The van der Waals surface area contributed by atoms with Gasteiger partial charge in [-0.2, -0.15) is 0 Å². The smallest absolute Gasteiger partial charge is 0.214 e. The first kappa shape index (κ1) is 17.6. The maximum Gasteiger partial charge on any atom is 0.214 e. The minimum Gasteiger partial charge on any atom is -0.497 e. The lowest BCUT2D eigenvalue weighted by Gasteiger charge is -2.17. The Labute approximate surface area is 132 Å². The summed E-state index contributed by atoms with van der Waals surface area (Å²) in [6, 6.07) is 5.22. The van der Waals surface area contributed by atoms with Crippen LogP contribution >= 0.6 is 0 Å². The van der Waals surface area contributed by atoms with Crippen LogP contribution in [0.15, 0.2) is 24.3 Å². The Morgan fingerprint density at radius 3 is 1.83 bits per heavy atom. The Balaban J connectivity index is 2.66. The van der Waals surface area contributed by atoms with Crippen LogP contribution in [0.1, 0.15) is 17.0 Å². The number of benzene rings is 2. The quantitative estimate of drug-likeness (QED) is 0.272. The van der Waals surface area contributed by atoms with E-state index in [-0.39, 0.29) is 5.56 Å². The van der Waals surface area contributed by atoms with Gasteiger partial charge in [-0.25, -0.2) is 22.0 Å². The van der Waals surface area contributed by atoms with Crippen LogP contribution < -0.4 is 4.74 Å². The van der Waals surface area contributed by atoms with Gasteiger partial charge in [0.05, 0.1) is 13.0 Å².